The van der Waals surface area contributed by atoms with Crippen LogP contribution in [0.4, 0.5) is 4.39 Å². The Morgan fingerprint density at radius 3 is 2.44 bits per heavy atom. The molecular weight excluding hydrogens is 231 g/mol. The van der Waals surface area contributed by atoms with E-state index in [1.54, 1.807) is 6.07 Å². The molecule has 2 N–H and O–H groups in total. The van der Waals surface area contributed by atoms with Crippen LogP contribution in [0.25, 0.3) is 0 Å². The molecule has 0 saturated carbocycles. The Morgan fingerprint density at radius 2 is 1.83 bits per heavy atom. The van der Waals surface area contributed by atoms with Crippen LogP contribution in [0.15, 0.2) is 18.2 Å². The van der Waals surface area contributed by atoms with Gasteiger partial charge in [-0.1, -0.05) is 6.07 Å². The number of benzene rings is 1. The van der Waals surface area contributed by atoms with Crippen molar-refractivity contribution in [3.8, 4) is 0 Å². The summed E-state index contributed by atoms with van der Waals surface area (Å²) in [5, 5.41) is 0. The first-order valence-electron chi connectivity index (χ1n) is 6.43. The summed E-state index contributed by atoms with van der Waals surface area (Å²) >= 11 is 0. The summed E-state index contributed by atoms with van der Waals surface area (Å²) in [4.78, 5) is 2.30. The monoisotopic (exact) mass is 252 g/mol. The molecule has 0 radical (unpaired) electrons. The predicted octanol–water partition coefficient (Wildman–Crippen LogP) is 1.89. The fourth-order valence-electron chi connectivity index (χ4n) is 2.60. The summed E-state index contributed by atoms with van der Waals surface area (Å²) in [5.41, 5.74) is 7.39. The van der Waals surface area contributed by atoms with Crippen LogP contribution in [0, 0.1) is 5.82 Å². The lowest BCUT2D eigenvalue weighted by molar-refractivity contribution is -0.0705. The SMILES string of the molecule is C[C@@H]1CN(Cc2cc(F)cc(CN)c2)C[C@H](C)O1. The molecule has 1 aromatic rings. The van der Waals surface area contributed by atoms with Crippen molar-refractivity contribution in [3.05, 3.63) is 35.1 Å². The number of hydrogen-bond donors (Lipinski definition) is 1. The molecule has 0 unspecified atom stereocenters. The predicted molar refractivity (Wildman–Crippen MR) is 69.6 cm³/mol. The maximum absolute atomic E-state index is 13.4. The van der Waals surface area contributed by atoms with Gasteiger partial charge in [0.05, 0.1) is 12.2 Å². The van der Waals surface area contributed by atoms with E-state index in [1.807, 2.05) is 6.07 Å². The Bertz CT molecular complexity index is 401. The van der Waals surface area contributed by atoms with Crippen molar-refractivity contribution in [2.75, 3.05) is 13.1 Å². The van der Waals surface area contributed by atoms with Gasteiger partial charge in [0.2, 0.25) is 0 Å². The first-order valence-corrected chi connectivity index (χ1v) is 6.43. The Balaban J connectivity index is 2.06. The maximum Gasteiger partial charge on any atom is 0.123 e. The van der Waals surface area contributed by atoms with E-state index < -0.39 is 0 Å². The van der Waals surface area contributed by atoms with E-state index >= 15 is 0 Å². The van der Waals surface area contributed by atoms with Crippen molar-refractivity contribution >= 4 is 0 Å². The zero-order valence-corrected chi connectivity index (χ0v) is 11.0. The molecule has 0 bridgehead atoms. The van der Waals surface area contributed by atoms with E-state index in [2.05, 4.69) is 18.7 Å². The van der Waals surface area contributed by atoms with Crippen LogP contribution in [-0.2, 0) is 17.8 Å². The van der Waals surface area contributed by atoms with Crippen LogP contribution in [0.1, 0.15) is 25.0 Å². The number of hydrogen-bond acceptors (Lipinski definition) is 3. The number of morpholine rings is 1. The zero-order valence-electron chi connectivity index (χ0n) is 11.0. The molecule has 1 aliphatic heterocycles. The van der Waals surface area contributed by atoms with E-state index in [0.29, 0.717) is 6.54 Å². The van der Waals surface area contributed by atoms with Gasteiger partial charge in [0, 0.05) is 26.2 Å². The lowest BCUT2D eigenvalue weighted by Gasteiger charge is -2.35. The maximum atomic E-state index is 13.4. The number of rotatable bonds is 3. The van der Waals surface area contributed by atoms with Gasteiger partial charge >= 0.3 is 0 Å². The van der Waals surface area contributed by atoms with Crippen LogP contribution >= 0.6 is 0 Å². The fraction of sp³-hybridized carbons (Fsp3) is 0.571. The van der Waals surface area contributed by atoms with E-state index in [1.165, 1.54) is 6.07 Å². The van der Waals surface area contributed by atoms with Crippen LogP contribution in [0.3, 0.4) is 0 Å². The molecule has 1 saturated heterocycles. The van der Waals surface area contributed by atoms with Gasteiger partial charge in [0.1, 0.15) is 5.82 Å². The third-order valence-electron chi connectivity index (χ3n) is 3.15. The minimum atomic E-state index is -0.206. The molecule has 4 heteroatoms. The molecule has 0 aromatic heterocycles. The van der Waals surface area contributed by atoms with Gasteiger partial charge < -0.3 is 10.5 Å². The Labute approximate surface area is 108 Å². The average molecular weight is 252 g/mol. The second kappa shape index (κ2) is 5.78. The third-order valence-corrected chi connectivity index (χ3v) is 3.15. The summed E-state index contributed by atoms with van der Waals surface area (Å²) < 4.78 is 19.1. The lowest BCUT2D eigenvalue weighted by Crippen LogP contribution is -2.44. The van der Waals surface area contributed by atoms with Crippen molar-refractivity contribution in [3.63, 3.8) is 0 Å². The van der Waals surface area contributed by atoms with Gasteiger partial charge in [0.15, 0.2) is 0 Å². The summed E-state index contributed by atoms with van der Waals surface area (Å²) in [6.45, 7) is 7.04. The van der Waals surface area contributed by atoms with Crippen molar-refractivity contribution in [2.45, 2.75) is 39.1 Å². The number of nitrogens with two attached hydrogens (primary N) is 1. The minimum Gasteiger partial charge on any atom is -0.373 e. The van der Waals surface area contributed by atoms with Crippen molar-refractivity contribution in [1.82, 2.24) is 4.90 Å². The quantitative estimate of drug-likeness (QED) is 0.893. The molecule has 1 heterocycles. The van der Waals surface area contributed by atoms with E-state index in [9.17, 15) is 4.39 Å². The van der Waals surface area contributed by atoms with Crippen LogP contribution in [0.5, 0.6) is 0 Å². The van der Waals surface area contributed by atoms with Gasteiger partial charge in [-0.2, -0.15) is 0 Å². The van der Waals surface area contributed by atoms with E-state index in [-0.39, 0.29) is 18.0 Å². The highest BCUT2D eigenvalue weighted by atomic mass is 19.1. The van der Waals surface area contributed by atoms with E-state index in [4.69, 9.17) is 10.5 Å². The zero-order chi connectivity index (χ0) is 13.1. The summed E-state index contributed by atoms with van der Waals surface area (Å²) in [6.07, 6.45) is 0.465. The molecule has 0 spiro atoms. The van der Waals surface area contributed by atoms with Crippen LogP contribution in [-0.4, -0.2) is 30.2 Å². The second-order valence-corrected chi connectivity index (χ2v) is 5.12. The molecule has 0 aliphatic carbocycles. The molecule has 1 aliphatic rings. The number of nitrogens with zero attached hydrogens (tertiary/aromatic N) is 1. The number of halogens is 1. The molecule has 1 fully saturated rings. The standard InChI is InChI=1S/C14H21FN2O/c1-10-7-17(8-11(2)18-10)9-13-3-12(6-16)4-14(15)5-13/h3-5,10-11H,6-9,16H2,1-2H3/t10-,11+. The number of ether oxygens (including phenoxy) is 1. The van der Waals surface area contributed by atoms with Crippen LogP contribution < -0.4 is 5.73 Å². The topological polar surface area (TPSA) is 38.5 Å². The molecule has 18 heavy (non-hydrogen) atoms. The second-order valence-electron chi connectivity index (χ2n) is 5.12. The molecule has 2 rings (SSSR count). The smallest absolute Gasteiger partial charge is 0.123 e. The van der Waals surface area contributed by atoms with Crippen molar-refractivity contribution in [1.29, 1.82) is 0 Å². The minimum absolute atomic E-state index is 0.206. The van der Waals surface area contributed by atoms with Gasteiger partial charge in [-0.3, -0.25) is 4.90 Å². The van der Waals surface area contributed by atoms with Crippen molar-refractivity contribution in [2.24, 2.45) is 5.73 Å². The van der Waals surface area contributed by atoms with Gasteiger partial charge in [-0.25, -0.2) is 4.39 Å². The third kappa shape index (κ3) is 3.51. The van der Waals surface area contributed by atoms with Gasteiger partial charge in [-0.15, -0.1) is 0 Å². The van der Waals surface area contributed by atoms with Gasteiger partial charge in [-0.05, 0) is 37.1 Å². The highest BCUT2D eigenvalue weighted by molar-refractivity contribution is 5.24. The van der Waals surface area contributed by atoms with E-state index in [0.717, 1.165) is 30.8 Å². The molecule has 1 aromatic carbocycles. The molecule has 100 valence electrons. The molecule has 2 atom stereocenters. The first-order chi connectivity index (χ1) is 8.56. The highest BCUT2D eigenvalue weighted by Gasteiger charge is 2.22. The summed E-state index contributed by atoms with van der Waals surface area (Å²) in [7, 11) is 0. The summed E-state index contributed by atoms with van der Waals surface area (Å²) in [6, 6.07) is 5.06. The largest absolute Gasteiger partial charge is 0.373 e. The molecular formula is C14H21FN2O. The van der Waals surface area contributed by atoms with Crippen molar-refractivity contribution < 1.29 is 9.13 Å². The van der Waals surface area contributed by atoms with Gasteiger partial charge in [0.25, 0.3) is 0 Å². The normalized spacial score (nSPS) is 25.3. The average Bonchev–Trinajstić information content (AvgIpc) is 2.26. The fourth-order valence-corrected chi connectivity index (χ4v) is 2.60. The lowest BCUT2D eigenvalue weighted by atomic mass is 10.1. The Kier molecular flexibility index (Phi) is 4.32. The molecule has 0 amide bonds. The Morgan fingerprint density at radius 1 is 1.22 bits per heavy atom. The first kappa shape index (κ1) is 13.5. The highest BCUT2D eigenvalue weighted by Crippen LogP contribution is 2.16. The summed E-state index contributed by atoms with van der Waals surface area (Å²) in [5.74, 6) is -0.206. The van der Waals surface area contributed by atoms with Crippen LogP contribution in [0.2, 0.25) is 0 Å². The molecule has 3 nitrogen and oxygen atoms in total. The Hall–Kier alpha value is -0.970.